The molecule has 0 aliphatic carbocycles. The number of benzene rings is 3. The van der Waals surface area contributed by atoms with Gasteiger partial charge in [0.05, 0.1) is 11.9 Å². The SMILES string of the molecule is Cc1cccc(C=NNC(=O)c2nc(-c3ccccc3)n(-c3ccccc3)n2)c1O. The largest absolute Gasteiger partial charge is 0.507 e. The Morgan fingerprint density at radius 3 is 2.43 bits per heavy atom. The molecule has 0 bridgehead atoms. The van der Waals surface area contributed by atoms with Crippen LogP contribution in [0.5, 0.6) is 5.75 Å². The smallest absolute Gasteiger partial charge is 0.311 e. The molecule has 0 radical (unpaired) electrons. The van der Waals surface area contributed by atoms with Gasteiger partial charge in [-0.2, -0.15) is 5.10 Å². The van der Waals surface area contributed by atoms with E-state index >= 15 is 0 Å². The van der Waals surface area contributed by atoms with Gasteiger partial charge in [-0.25, -0.2) is 15.1 Å². The zero-order valence-corrected chi connectivity index (χ0v) is 16.2. The van der Waals surface area contributed by atoms with Gasteiger partial charge in [0.2, 0.25) is 5.82 Å². The molecule has 0 spiro atoms. The first kappa shape index (κ1) is 19.1. The van der Waals surface area contributed by atoms with E-state index in [2.05, 4.69) is 20.6 Å². The van der Waals surface area contributed by atoms with Crippen LogP contribution in [0.4, 0.5) is 0 Å². The molecular weight excluding hydrogens is 378 g/mol. The van der Waals surface area contributed by atoms with Crippen LogP contribution in [0, 0.1) is 6.92 Å². The van der Waals surface area contributed by atoms with E-state index in [1.165, 1.54) is 6.21 Å². The summed E-state index contributed by atoms with van der Waals surface area (Å²) in [5, 5.41) is 18.4. The van der Waals surface area contributed by atoms with Crippen LogP contribution in [0.2, 0.25) is 0 Å². The maximum atomic E-state index is 12.6. The fourth-order valence-electron chi connectivity index (χ4n) is 2.93. The lowest BCUT2D eigenvalue weighted by atomic mass is 10.1. The van der Waals surface area contributed by atoms with Crippen LogP contribution >= 0.6 is 0 Å². The number of hydrazone groups is 1. The first-order valence-corrected chi connectivity index (χ1v) is 9.33. The second kappa shape index (κ2) is 8.40. The van der Waals surface area contributed by atoms with Crippen molar-refractivity contribution in [3.8, 4) is 22.8 Å². The highest BCUT2D eigenvalue weighted by atomic mass is 16.3. The first-order chi connectivity index (χ1) is 14.6. The lowest BCUT2D eigenvalue weighted by molar-refractivity contribution is 0.0945. The number of nitrogens with one attached hydrogen (secondary N) is 1. The molecule has 1 aromatic heterocycles. The van der Waals surface area contributed by atoms with Crippen molar-refractivity contribution in [1.82, 2.24) is 20.2 Å². The Bertz CT molecular complexity index is 1140. The fourth-order valence-corrected chi connectivity index (χ4v) is 2.93. The maximum absolute atomic E-state index is 12.6. The molecule has 0 atom stereocenters. The minimum Gasteiger partial charge on any atom is -0.507 e. The predicted molar refractivity (Wildman–Crippen MR) is 115 cm³/mol. The molecule has 0 saturated carbocycles. The van der Waals surface area contributed by atoms with Gasteiger partial charge >= 0.3 is 5.91 Å². The van der Waals surface area contributed by atoms with Gasteiger partial charge in [-0.05, 0) is 30.7 Å². The lowest BCUT2D eigenvalue weighted by Crippen LogP contribution is -2.19. The predicted octanol–water partition coefficient (Wildman–Crippen LogP) is 3.71. The second-order valence-corrected chi connectivity index (χ2v) is 6.58. The van der Waals surface area contributed by atoms with Gasteiger partial charge in [0, 0.05) is 11.1 Å². The monoisotopic (exact) mass is 397 g/mol. The topological polar surface area (TPSA) is 92.4 Å². The number of aryl methyl sites for hydroxylation is 1. The van der Waals surface area contributed by atoms with E-state index in [0.29, 0.717) is 11.4 Å². The van der Waals surface area contributed by atoms with E-state index in [-0.39, 0.29) is 11.6 Å². The summed E-state index contributed by atoms with van der Waals surface area (Å²) < 4.78 is 1.63. The van der Waals surface area contributed by atoms with Gasteiger partial charge in [0.1, 0.15) is 5.75 Å². The molecule has 2 N–H and O–H groups in total. The number of nitrogens with zero attached hydrogens (tertiary/aromatic N) is 4. The van der Waals surface area contributed by atoms with Crippen molar-refractivity contribution in [1.29, 1.82) is 0 Å². The molecule has 0 aliphatic heterocycles. The molecule has 0 fully saturated rings. The number of amides is 1. The molecule has 0 aliphatic rings. The van der Waals surface area contributed by atoms with Crippen molar-refractivity contribution in [2.75, 3.05) is 0 Å². The van der Waals surface area contributed by atoms with Gasteiger partial charge in [-0.1, -0.05) is 60.7 Å². The van der Waals surface area contributed by atoms with Crippen LogP contribution in [0.25, 0.3) is 17.1 Å². The summed E-state index contributed by atoms with van der Waals surface area (Å²) >= 11 is 0. The van der Waals surface area contributed by atoms with Gasteiger partial charge < -0.3 is 5.11 Å². The van der Waals surface area contributed by atoms with Crippen molar-refractivity contribution >= 4 is 12.1 Å². The van der Waals surface area contributed by atoms with Gasteiger partial charge in [-0.3, -0.25) is 4.79 Å². The minimum absolute atomic E-state index is 0.0108. The Labute approximate surface area is 173 Å². The number of hydrogen-bond donors (Lipinski definition) is 2. The van der Waals surface area contributed by atoms with Crippen LogP contribution < -0.4 is 5.43 Å². The summed E-state index contributed by atoms with van der Waals surface area (Å²) in [4.78, 5) is 17.0. The molecule has 7 nitrogen and oxygen atoms in total. The Kier molecular flexibility index (Phi) is 5.34. The highest BCUT2D eigenvalue weighted by Crippen LogP contribution is 2.21. The second-order valence-electron chi connectivity index (χ2n) is 6.58. The molecule has 3 aromatic carbocycles. The summed E-state index contributed by atoms with van der Waals surface area (Å²) in [7, 11) is 0. The summed E-state index contributed by atoms with van der Waals surface area (Å²) in [6.07, 6.45) is 1.38. The van der Waals surface area contributed by atoms with Crippen LogP contribution in [-0.2, 0) is 0 Å². The summed E-state index contributed by atoms with van der Waals surface area (Å²) in [5.41, 5.74) is 5.27. The zero-order chi connectivity index (χ0) is 20.9. The summed E-state index contributed by atoms with van der Waals surface area (Å²) in [6, 6.07) is 24.3. The Balaban J connectivity index is 1.62. The van der Waals surface area contributed by atoms with E-state index in [4.69, 9.17) is 0 Å². The highest BCUT2D eigenvalue weighted by Gasteiger charge is 2.18. The number of phenolic OH excluding ortho intramolecular Hbond substituents is 1. The molecule has 1 heterocycles. The molecule has 0 unspecified atom stereocenters. The fraction of sp³-hybridized carbons (Fsp3) is 0.0435. The van der Waals surface area contributed by atoms with Crippen molar-refractivity contribution < 1.29 is 9.90 Å². The van der Waals surface area contributed by atoms with Crippen LogP contribution in [0.15, 0.2) is 84.0 Å². The Morgan fingerprint density at radius 1 is 1.00 bits per heavy atom. The van der Waals surface area contributed by atoms with Crippen LogP contribution in [0.3, 0.4) is 0 Å². The Morgan fingerprint density at radius 2 is 1.70 bits per heavy atom. The lowest BCUT2D eigenvalue weighted by Gasteiger charge is -2.05. The number of phenols is 1. The maximum Gasteiger partial charge on any atom is 0.311 e. The number of rotatable bonds is 5. The number of carbonyl (C=O) groups is 1. The van der Waals surface area contributed by atoms with Gasteiger partial charge in [0.15, 0.2) is 5.82 Å². The number of aromatic hydroxyl groups is 1. The average molecular weight is 397 g/mol. The normalized spacial score (nSPS) is 11.0. The van der Waals surface area contributed by atoms with Crippen LogP contribution in [-0.4, -0.2) is 32.0 Å². The van der Waals surface area contributed by atoms with Gasteiger partial charge in [0.25, 0.3) is 0 Å². The molecule has 30 heavy (non-hydrogen) atoms. The molecule has 4 aromatic rings. The summed E-state index contributed by atoms with van der Waals surface area (Å²) in [6.45, 7) is 1.79. The molecule has 4 rings (SSSR count). The summed E-state index contributed by atoms with van der Waals surface area (Å²) in [5.74, 6) is 0.106. The van der Waals surface area contributed by atoms with E-state index in [0.717, 1.165) is 16.8 Å². The first-order valence-electron chi connectivity index (χ1n) is 9.33. The number of aromatic nitrogens is 3. The standard InChI is InChI=1S/C23H19N5O2/c1-16-9-8-12-18(20(16)29)15-24-26-23(30)21-25-22(17-10-4-2-5-11-17)28(27-21)19-13-6-3-7-14-19/h2-15,29H,1H3,(H,26,30). The average Bonchev–Trinajstić information content (AvgIpc) is 3.23. The van der Waals surface area contributed by atoms with Crippen molar-refractivity contribution in [2.24, 2.45) is 5.10 Å². The number of carbonyl (C=O) groups excluding carboxylic acids is 1. The van der Waals surface area contributed by atoms with Crippen molar-refractivity contribution in [3.05, 3.63) is 95.8 Å². The van der Waals surface area contributed by atoms with E-state index in [1.807, 2.05) is 60.7 Å². The van der Waals surface area contributed by atoms with Gasteiger partial charge in [-0.15, -0.1) is 5.10 Å². The van der Waals surface area contributed by atoms with E-state index in [9.17, 15) is 9.90 Å². The third-order valence-corrected chi connectivity index (χ3v) is 4.48. The molecular formula is C23H19N5O2. The zero-order valence-electron chi connectivity index (χ0n) is 16.2. The van der Waals surface area contributed by atoms with Crippen molar-refractivity contribution in [3.63, 3.8) is 0 Å². The van der Waals surface area contributed by atoms with Crippen molar-refractivity contribution in [2.45, 2.75) is 6.92 Å². The third kappa shape index (κ3) is 3.95. The minimum atomic E-state index is -0.551. The molecule has 148 valence electrons. The van der Waals surface area contributed by atoms with Crippen LogP contribution in [0.1, 0.15) is 21.7 Å². The quantitative estimate of drug-likeness (QED) is 0.397. The number of para-hydroxylation sites is 2. The highest BCUT2D eigenvalue weighted by molar-refractivity contribution is 5.92. The Hall–Kier alpha value is -4.26. The third-order valence-electron chi connectivity index (χ3n) is 4.48. The van der Waals surface area contributed by atoms with E-state index < -0.39 is 5.91 Å². The van der Waals surface area contributed by atoms with E-state index in [1.54, 1.807) is 29.8 Å². The molecule has 7 heteroatoms. The number of hydrogen-bond acceptors (Lipinski definition) is 5. The molecule has 1 amide bonds. The molecule has 0 saturated heterocycles.